The number of anilines is 1. The summed E-state index contributed by atoms with van der Waals surface area (Å²) in [4.78, 5) is 0. The van der Waals surface area contributed by atoms with E-state index in [0.29, 0.717) is 0 Å². The fourth-order valence-electron chi connectivity index (χ4n) is 1.22. The van der Waals surface area contributed by atoms with Crippen molar-refractivity contribution in [1.29, 1.82) is 0 Å². The fraction of sp³-hybridized carbons (Fsp3) is 0.455. The second-order valence-corrected chi connectivity index (χ2v) is 4.43. The highest BCUT2D eigenvalue weighted by molar-refractivity contribution is 5.47. The van der Waals surface area contributed by atoms with Gasteiger partial charge in [0.05, 0.1) is 13.2 Å². The molecule has 108 valence electrons. The molecule has 19 heavy (non-hydrogen) atoms. The van der Waals surface area contributed by atoms with Crippen molar-refractivity contribution in [1.82, 2.24) is 0 Å². The molecule has 0 aliphatic carbocycles. The predicted octanol–water partition coefficient (Wildman–Crippen LogP) is 1.78. The third kappa shape index (κ3) is 2.95. The van der Waals surface area contributed by atoms with Crippen molar-refractivity contribution < 1.29 is 32.2 Å². The highest BCUT2D eigenvalue weighted by atomic mass is 19.2. The van der Waals surface area contributed by atoms with Crippen LogP contribution in [0.1, 0.15) is 6.92 Å². The Balaban J connectivity index is 3.09. The Kier molecular flexibility index (Phi) is 4.70. The predicted molar refractivity (Wildman–Crippen MR) is 57.0 cm³/mol. The third-order valence-electron chi connectivity index (χ3n) is 2.67. The number of hydrogen-bond acceptors (Lipinski definition) is 3. The summed E-state index contributed by atoms with van der Waals surface area (Å²) in [6, 6.07) is 0. The fourth-order valence-corrected chi connectivity index (χ4v) is 1.22. The minimum absolute atomic E-state index is 0.377. The summed E-state index contributed by atoms with van der Waals surface area (Å²) in [7, 11) is 0. The van der Waals surface area contributed by atoms with Gasteiger partial charge in [0.1, 0.15) is 5.69 Å². The van der Waals surface area contributed by atoms with E-state index in [-0.39, 0.29) is 6.54 Å². The third-order valence-corrected chi connectivity index (χ3v) is 2.67. The van der Waals surface area contributed by atoms with Crippen molar-refractivity contribution in [3.63, 3.8) is 0 Å². The Bertz CT molecular complexity index is 448. The van der Waals surface area contributed by atoms with Gasteiger partial charge in [0.25, 0.3) is 0 Å². The number of benzene rings is 1. The first kappa shape index (κ1) is 15.6. The van der Waals surface area contributed by atoms with Crippen LogP contribution < -0.4 is 5.32 Å². The topological polar surface area (TPSA) is 52.5 Å². The van der Waals surface area contributed by atoms with E-state index in [4.69, 9.17) is 10.2 Å². The van der Waals surface area contributed by atoms with Gasteiger partial charge in [-0.1, -0.05) is 6.92 Å². The van der Waals surface area contributed by atoms with Crippen molar-refractivity contribution in [2.45, 2.75) is 6.92 Å². The maximum atomic E-state index is 13.3. The average molecular weight is 285 g/mol. The highest BCUT2D eigenvalue weighted by Gasteiger charge is 2.28. The second kappa shape index (κ2) is 5.70. The first-order chi connectivity index (χ1) is 8.77. The molecule has 0 bridgehead atoms. The molecule has 3 nitrogen and oxygen atoms in total. The molecule has 0 fully saturated rings. The SMILES string of the molecule is CC(CO)(CO)CNc1c(F)c(F)c(F)c(F)c1F. The molecule has 3 N–H and O–H groups in total. The van der Waals surface area contributed by atoms with Crippen LogP contribution in [0, 0.1) is 34.5 Å². The first-order valence-corrected chi connectivity index (χ1v) is 5.24. The minimum Gasteiger partial charge on any atom is -0.396 e. The summed E-state index contributed by atoms with van der Waals surface area (Å²) in [6.07, 6.45) is 0. The van der Waals surface area contributed by atoms with Crippen LogP contribution in [0.4, 0.5) is 27.6 Å². The molecule has 0 saturated heterocycles. The lowest BCUT2D eigenvalue weighted by Crippen LogP contribution is -2.34. The normalized spacial score (nSPS) is 11.8. The van der Waals surface area contributed by atoms with Crippen LogP contribution in [0.2, 0.25) is 0 Å². The maximum Gasteiger partial charge on any atom is 0.200 e. The molecule has 1 aromatic rings. The molecule has 1 aromatic carbocycles. The van der Waals surface area contributed by atoms with Crippen molar-refractivity contribution >= 4 is 5.69 Å². The lowest BCUT2D eigenvalue weighted by molar-refractivity contribution is 0.0805. The van der Waals surface area contributed by atoms with Crippen LogP contribution in [0.3, 0.4) is 0 Å². The van der Waals surface area contributed by atoms with Crippen LogP contribution in [0.15, 0.2) is 0 Å². The van der Waals surface area contributed by atoms with E-state index < -0.39 is 53.4 Å². The van der Waals surface area contributed by atoms with Crippen LogP contribution >= 0.6 is 0 Å². The number of hydrogen-bond donors (Lipinski definition) is 3. The molecule has 0 heterocycles. The number of aliphatic hydroxyl groups excluding tert-OH is 2. The smallest absolute Gasteiger partial charge is 0.200 e. The van der Waals surface area contributed by atoms with E-state index in [9.17, 15) is 22.0 Å². The Morgan fingerprint density at radius 1 is 0.842 bits per heavy atom. The van der Waals surface area contributed by atoms with Crippen LogP contribution in [-0.4, -0.2) is 30.0 Å². The quantitative estimate of drug-likeness (QED) is 0.439. The van der Waals surface area contributed by atoms with Gasteiger partial charge in [-0.3, -0.25) is 0 Å². The molecule has 0 saturated carbocycles. The minimum atomic E-state index is -2.24. The standard InChI is InChI=1S/C11H12F5NO2/c1-11(3-18,4-19)2-17-10-8(15)6(13)5(12)7(14)9(10)16/h17-19H,2-4H2,1H3. The van der Waals surface area contributed by atoms with Crippen molar-refractivity contribution in [3.05, 3.63) is 29.1 Å². The van der Waals surface area contributed by atoms with Gasteiger partial charge in [0, 0.05) is 12.0 Å². The number of rotatable bonds is 5. The molecular weight excluding hydrogens is 273 g/mol. The van der Waals surface area contributed by atoms with Gasteiger partial charge in [-0.2, -0.15) is 0 Å². The number of aliphatic hydroxyl groups is 2. The van der Waals surface area contributed by atoms with E-state index >= 15 is 0 Å². The highest BCUT2D eigenvalue weighted by Crippen LogP contribution is 2.28. The van der Waals surface area contributed by atoms with Gasteiger partial charge in [0.2, 0.25) is 5.82 Å². The summed E-state index contributed by atoms with van der Waals surface area (Å²) in [5.41, 5.74) is -2.36. The summed E-state index contributed by atoms with van der Waals surface area (Å²) >= 11 is 0. The second-order valence-electron chi connectivity index (χ2n) is 4.43. The summed E-state index contributed by atoms with van der Waals surface area (Å²) in [6.45, 7) is -0.0812. The van der Waals surface area contributed by atoms with Gasteiger partial charge in [-0.05, 0) is 0 Å². The lowest BCUT2D eigenvalue weighted by atomic mass is 9.93. The van der Waals surface area contributed by atoms with Crippen LogP contribution in [0.25, 0.3) is 0 Å². The average Bonchev–Trinajstić information content (AvgIpc) is 2.42. The molecule has 0 aliphatic heterocycles. The molecular formula is C11H12F5NO2. The Hall–Kier alpha value is -1.41. The number of nitrogens with one attached hydrogen (secondary N) is 1. The van der Waals surface area contributed by atoms with Gasteiger partial charge < -0.3 is 15.5 Å². The molecule has 0 unspecified atom stereocenters. The van der Waals surface area contributed by atoms with Crippen LogP contribution in [-0.2, 0) is 0 Å². The van der Waals surface area contributed by atoms with E-state index in [1.165, 1.54) is 6.92 Å². The molecule has 0 atom stereocenters. The molecule has 0 aromatic heterocycles. The monoisotopic (exact) mass is 285 g/mol. The Labute approximate surface area is 105 Å². The van der Waals surface area contributed by atoms with Crippen molar-refractivity contribution in [3.8, 4) is 0 Å². The zero-order valence-electron chi connectivity index (χ0n) is 9.91. The maximum absolute atomic E-state index is 13.3. The molecule has 0 radical (unpaired) electrons. The van der Waals surface area contributed by atoms with Gasteiger partial charge in [0.15, 0.2) is 23.3 Å². The van der Waals surface area contributed by atoms with E-state index in [2.05, 4.69) is 0 Å². The Morgan fingerprint density at radius 3 is 1.58 bits per heavy atom. The van der Waals surface area contributed by atoms with Gasteiger partial charge in [-0.15, -0.1) is 0 Å². The first-order valence-electron chi connectivity index (χ1n) is 5.24. The van der Waals surface area contributed by atoms with E-state index in [1.807, 2.05) is 5.32 Å². The molecule has 0 spiro atoms. The zero-order valence-corrected chi connectivity index (χ0v) is 9.91. The molecule has 0 amide bonds. The largest absolute Gasteiger partial charge is 0.396 e. The lowest BCUT2D eigenvalue weighted by Gasteiger charge is -2.25. The molecule has 1 rings (SSSR count). The van der Waals surface area contributed by atoms with Crippen molar-refractivity contribution in [2.75, 3.05) is 25.1 Å². The molecule has 8 heteroatoms. The summed E-state index contributed by atoms with van der Waals surface area (Å²) < 4.78 is 65.1. The van der Waals surface area contributed by atoms with Crippen molar-refractivity contribution in [2.24, 2.45) is 5.41 Å². The number of halogens is 5. The summed E-state index contributed by atoms with van der Waals surface area (Å²) in [5, 5.41) is 19.9. The summed E-state index contributed by atoms with van der Waals surface area (Å²) in [5.74, 6) is -10.3. The van der Waals surface area contributed by atoms with E-state index in [1.54, 1.807) is 0 Å². The van der Waals surface area contributed by atoms with Gasteiger partial charge >= 0.3 is 0 Å². The zero-order chi connectivity index (χ0) is 14.8. The van der Waals surface area contributed by atoms with E-state index in [0.717, 1.165) is 0 Å². The van der Waals surface area contributed by atoms with Gasteiger partial charge in [-0.25, -0.2) is 22.0 Å². The Morgan fingerprint density at radius 2 is 1.21 bits per heavy atom. The molecule has 0 aliphatic rings. The van der Waals surface area contributed by atoms with Crippen LogP contribution in [0.5, 0.6) is 0 Å².